The molecule has 11 nitrogen and oxygen atoms in total. The Kier molecular flexibility index (Phi) is 7.40. The van der Waals surface area contributed by atoms with Crippen molar-refractivity contribution in [2.24, 2.45) is 0 Å². The van der Waals surface area contributed by atoms with Crippen molar-refractivity contribution in [2.75, 3.05) is 13.7 Å². The summed E-state index contributed by atoms with van der Waals surface area (Å²) in [5, 5.41) is 9.58. The van der Waals surface area contributed by atoms with E-state index in [1.807, 2.05) is 0 Å². The molecular formula is C15H24N2O9P+. The van der Waals surface area contributed by atoms with Gasteiger partial charge in [0.15, 0.2) is 12.3 Å². The largest absolute Gasteiger partial charge is 0.695 e. The highest BCUT2D eigenvalue weighted by molar-refractivity contribution is 7.32. The highest BCUT2D eigenvalue weighted by Gasteiger charge is 2.52. The highest BCUT2D eigenvalue weighted by Crippen LogP contribution is 2.37. The molecule has 0 aliphatic carbocycles. The van der Waals surface area contributed by atoms with E-state index in [9.17, 15) is 24.2 Å². The van der Waals surface area contributed by atoms with Crippen LogP contribution in [0.1, 0.15) is 25.6 Å². The predicted molar refractivity (Wildman–Crippen MR) is 92.6 cm³/mol. The zero-order valence-corrected chi connectivity index (χ0v) is 16.3. The molecule has 7 atom stereocenters. The first-order valence-electron chi connectivity index (χ1n) is 8.29. The van der Waals surface area contributed by atoms with E-state index in [0.717, 1.165) is 4.57 Å². The second-order valence-corrected chi connectivity index (χ2v) is 6.97. The monoisotopic (exact) mass is 407 g/mol. The van der Waals surface area contributed by atoms with Crippen molar-refractivity contribution < 1.29 is 33.3 Å². The molecule has 0 saturated carbocycles. The number of aromatic nitrogens is 2. The molecule has 2 heterocycles. The fraction of sp³-hybridized carbons (Fsp3) is 0.733. The lowest BCUT2D eigenvalue weighted by atomic mass is 10.1. The van der Waals surface area contributed by atoms with E-state index in [-0.39, 0.29) is 11.7 Å². The van der Waals surface area contributed by atoms with Crippen molar-refractivity contribution >= 4 is 8.25 Å². The van der Waals surface area contributed by atoms with Crippen LogP contribution in [0.5, 0.6) is 0 Å². The third kappa shape index (κ3) is 4.88. The average molecular weight is 407 g/mol. The summed E-state index contributed by atoms with van der Waals surface area (Å²) in [6.45, 7) is 4.46. The minimum Gasteiger partial charge on any atom is -0.394 e. The van der Waals surface area contributed by atoms with Crippen LogP contribution in [-0.4, -0.2) is 63.8 Å². The maximum atomic E-state index is 12.3. The summed E-state index contributed by atoms with van der Waals surface area (Å²) in [5.74, 6) is 0. The zero-order valence-electron chi connectivity index (χ0n) is 15.4. The number of methoxy groups -OCH3 is 1. The van der Waals surface area contributed by atoms with Gasteiger partial charge in [-0.1, -0.05) is 0 Å². The molecule has 2 unspecified atom stereocenters. The molecular weight excluding hydrogens is 383 g/mol. The quantitative estimate of drug-likeness (QED) is 0.488. The molecule has 27 heavy (non-hydrogen) atoms. The Hall–Kier alpha value is -1.46. The van der Waals surface area contributed by atoms with Gasteiger partial charge in [-0.3, -0.25) is 14.3 Å². The number of hydrogen-bond acceptors (Lipinski definition) is 8. The van der Waals surface area contributed by atoms with E-state index in [4.69, 9.17) is 18.7 Å². The number of hydrogen-bond donors (Lipinski definition) is 3. The molecule has 12 heteroatoms. The minimum absolute atomic E-state index is 0.258. The SMILES string of the molecule is CO[C@@H](C)[C@H](C)O[C@H]1C(O[P+](=O)O)[C@@H](CO)O[C@H]1n1cc(C)c(=O)[nH]c1=O. The van der Waals surface area contributed by atoms with Gasteiger partial charge in [0.25, 0.3) is 5.56 Å². The Balaban J connectivity index is 2.46. The molecule has 0 bridgehead atoms. The number of H-pyrrole nitrogens is 1. The van der Waals surface area contributed by atoms with Crippen molar-refractivity contribution in [2.45, 2.75) is 57.5 Å². The van der Waals surface area contributed by atoms with Gasteiger partial charge in [0, 0.05) is 23.4 Å². The second kappa shape index (κ2) is 9.16. The third-order valence-electron chi connectivity index (χ3n) is 4.50. The average Bonchev–Trinajstić information content (AvgIpc) is 2.94. The first kappa shape index (κ1) is 21.8. The number of aryl methyl sites for hydroxylation is 1. The molecule has 1 aromatic rings. The molecule has 1 aliphatic heterocycles. The maximum absolute atomic E-state index is 12.3. The number of aromatic amines is 1. The smallest absolute Gasteiger partial charge is 0.394 e. The Morgan fingerprint density at radius 2 is 2.00 bits per heavy atom. The first-order valence-corrected chi connectivity index (χ1v) is 9.42. The van der Waals surface area contributed by atoms with Gasteiger partial charge in [0.2, 0.25) is 0 Å². The number of aliphatic hydroxyl groups is 1. The summed E-state index contributed by atoms with van der Waals surface area (Å²) in [6.07, 6.45) is -3.81. The predicted octanol–water partition coefficient (Wildman–Crippen LogP) is -0.422. The summed E-state index contributed by atoms with van der Waals surface area (Å²) in [6, 6.07) is 0. The molecule has 0 aromatic carbocycles. The van der Waals surface area contributed by atoms with Gasteiger partial charge < -0.3 is 19.3 Å². The van der Waals surface area contributed by atoms with E-state index < -0.39 is 56.8 Å². The molecule has 2 rings (SSSR count). The minimum atomic E-state index is -3.02. The van der Waals surface area contributed by atoms with Gasteiger partial charge in [0.05, 0.1) is 18.8 Å². The van der Waals surface area contributed by atoms with Crippen LogP contribution in [0.4, 0.5) is 0 Å². The molecule has 1 aromatic heterocycles. The van der Waals surface area contributed by atoms with E-state index >= 15 is 0 Å². The van der Waals surface area contributed by atoms with Crippen LogP contribution < -0.4 is 11.2 Å². The summed E-state index contributed by atoms with van der Waals surface area (Å²) in [5.41, 5.74) is -1.03. The van der Waals surface area contributed by atoms with Crippen LogP contribution in [0.15, 0.2) is 15.8 Å². The molecule has 1 aliphatic rings. The molecule has 0 amide bonds. The lowest BCUT2D eigenvalue weighted by molar-refractivity contribution is -0.127. The van der Waals surface area contributed by atoms with E-state index in [0.29, 0.717) is 0 Å². The Morgan fingerprint density at radius 1 is 1.33 bits per heavy atom. The number of nitrogens with zero attached hydrogens (tertiary/aromatic N) is 1. The highest BCUT2D eigenvalue weighted by atomic mass is 31.1. The molecule has 1 saturated heterocycles. The third-order valence-corrected chi connectivity index (χ3v) is 4.93. The summed E-state index contributed by atoms with van der Waals surface area (Å²) in [4.78, 5) is 35.2. The van der Waals surface area contributed by atoms with Gasteiger partial charge in [-0.05, 0) is 20.8 Å². The van der Waals surface area contributed by atoms with Crippen LogP contribution in [0.2, 0.25) is 0 Å². The molecule has 3 N–H and O–H groups in total. The van der Waals surface area contributed by atoms with Gasteiger partial charge in [-0.15, -0.1) is 9.42 Å². The fourth-order valence-electron chi connectivity index (χ4n) is 2.78. The van der Waals surface area contributed by atoms with E-state index in [2.05, 4.69) is 4.98 Å². The standard InChI is InChI=1S/C15H23N2O9P/c1-7-5-17(15(20)16-13(7)19)14-12(24-9(3)8(2)23-4)11(26-27(21)22)10(6-18)25-14/h5,8-12,14,18H,6H2,1-4H3,(H-,16,19,20,21,22)/p+1/t8-,9-,10+,11?,12-,14+/m0/s1. The Bertz CT molecular complexity index is 779. The lowest BCUT2D eigenvalue weighted by Gasteiger charge is -2.28. The van der Waals surface area contributed by atoms with Crippen LogP contribution in [0, 0.1) is 6.92 Å². The van der Waals surface area contributed by atoms with Crippen molar-refractivity contribution in [3.05, 3.63) is 32.6 Å². The second-order valence-electron chi connectivity index (χ2n) is 6.28. The van der Waals surface area contributed by atoms with E-state index in [1.165, 1.54) is 20.2 Å². The molecule has 152 valence electrons. The summed E-state index contributed by atoms with van der Waals surface area (Å²) < 4.78 is 34.2. The van der Waals surface area contributed by atoms with Crippen LogP contribution in [-0.2, 0) is 23.3 Å². The number of nitrogens with one attached hydrogen (secondary N) is 1. The van der Waals surface area contributed by atoms with Crippen molar-refractivity contribution in [1.82, 2.24) is 9.55 Å². The first-order chi connectivity index (χ1) is 12.7. The topological polar surface area (TPSA) is 149 Å². The fourth-order valence-corrected chi connectivity index (χ4v) is 3.24. The van der Waals surface area contributed by atoms with Gasteiger partial charge in [-0.2, -0.15) is 0 Å². The van der Waals surface area contributed by atoms with Crippen molar-refractivity contribution in [3.8, 4) is 0 Å². The number of aliphatic hydroxyl groups excluding tert-OH is 1. The van der Waals surface area contributed by atoms with Gasteiger partial charge in [0.1, 0.15) is 12.2 Å². The summed E-state index contributed by atoms with van der Waals surface area (Å²) in [7, 11) is -1.52. The van der Waals surface area contributed by atoms with Crippen molar-refractivity contribution in [3.63, 3.8) is 0 Å². The normalized spacial score (nSPS) is 28.1. The van der Waals surface area contributed by atoms with E-state index in [1.54, 1.807) is 13.8 Å². The lowest BCUT2D eigenvalue weighted by Crippen LogP contribution is -2.43. The number of rotatable bonds is 8. The maximum Gasteiger partial charge on any atom is 0.695 e. The van der Waals surface area contributed by atoms with Gasteiger partial charge >= 0.3 is 13.9 Å². The van der Waals surface area contributed by atoms with Crippen LogP contribution in [0.3, 0.4) is 0 Å². The molecule has 0 radical (unpaired) electrons. The van der Waals surface area contributed by atoms with Crippen LogP contribution in [0.25, 0.3) is 0 Å². The van der Waals surface area contributed by atoms with Crippen LogP contribution >= 0.6 is 8.25 Å². The number of ether oxygens (including phenoxy) is 3. The van der Waals surface area contributed by atoms with Gasteiger partial charge in [-0.25, -0.2) is 4.79 Å². The Morgan fingerprint density at radius 3 is 2.56 bits per heavy atom. The molecule has 0 spiro atoms. The Labute approximate surface area is 155 Å². The molecule has 1 fully saturated rings. The summed E-state index contributed by atoms with van der Waals surface area (Å²) >= 11 is 0. The van der Waals surface area contributed by atoms with Crippen molar-refractivity contribution in [1.29, 1.82) is 0 Å². The zero-order chi connectivity index (χ0) is 20.3.